The fraction of sp³-hybridized carbons (Fsp3) is 0.577. The topological polar surface area (TPSA) is 162 Å². The van der Waals surface area contributed by atoms with Gasteiger partial charge >= 0.3 is 0 Å². The summed E-state index contributed by atoms with van der Waals surface area (Å²) in [7, 11) is 5.68. The summed E-state index contributed by atoms with van der Waals surface area (Å²) >= 11 is 0. The number of rotatable bonds is 3. The van der Waals surface area contributed by atoms with Gasteiger partial charge in [-0.05, 0) is 37.4 Å². The quantitative estimate of drug-likeness (QED) is 0.435. The van der Waals surface area contributed by atoms with Crippen LogP contribution in [0.2, 0.25) is 0 Å². The van der Waals surface area contributed by atoms with Crippen LogP contribution in [0, 0.1) is 23.7 Å². The van der Waals surface area contributed by atoms with Crippen molar-refractivity contribution in [3.8, 4) is 5.75 Å². The molecule has 1 aromatic carbocycles. The number of aromatic hydroxyl groups is 1. The van der Waals surface area contributed by atoms with Gasteiger partial charge in [0.2, 0.25) is 5.91 Å². The largest absolute Gasteiger partial charge is 0.505 e. The van der Waals surface area contributed by atoms with Crippen LogP contribution in [0.5, 0.6) is 5.75 Å². The van der Waals surface area contributed by atoms with Crippen molar-refractivity contribution in [1.82, 2.24) is 4.90 Å². The Morgan fingerprint density at radius 1 is 1.08 bits per heavy atom. The number of carbonyl (C=O) groups excluding carboxylic acids is 5. The summed E-state index contributed by atoms with van der Waals surface area (Å²) in [5, 5.41) is 22.7. The van der Waals surface area contributed by atoms with Crippen LogP contribution in [0.1, 0.15) is 28.8 Å². The third kappa shape index (κ3) is 3.58. The van der Waals surface area contributed by atoms with E-state index in [9.17, 15) is 34.2 Å². The number of amides is 1. The van der Waals surface area contributed by atoms with Gasteiger partial charge in [-0.3, -0.25) is 24.0 Å². The highest BCUT2D eigenvalue weighted by Crippen LogP contribution is 2.52. The number of carbonyl (C=O) groups is 5. The molecule has 0 radical (unpaired) electrons. The molecule has 3 fully saturated rings. The van der Waals surface area contributed by atoms with E-state index in [1.807, 2.05) is 37.0 Å². The molecule has 198 valence electrons. The highest BCUT2D eigenvalue weighted by Gasteiger charge is 2.66. The number of Topliss-reactive ketones (excluding diaryl/α,β-unsaturated/α-hetero) is 4. The molecule has 11 heteroatoms. The number of ketones is 4. The molecule has 0 bridgehead atoms. The monoisotopic (exact) mass is 512 g/mol. The number of aliphatic hydroxyl groups is 1. The highest BCUT2D eigenvalue weighted by atomic mass is 16.3. The van der Waals surface area contributed by atoms with E-state index in [0.29, 0.717) is 24.3 Å². The molecule has 5 rings (SSSR count). The number of piperazine rings is 1. The first kappa shape index (κ1) is 25.3. The van der Waals surface area contributed by atoms with Gasteiger partial charge in [-0.25, -0.2) is 0 Å². The summed E-state index contributed by atoms with van der Waals surface area (Å²) in [4.78, 5) is 71.1. The minimum atomic E-state index is -2.64. The summed E-state index contributed by atoms with van der Waals surface area (Å²) in [6.45, 7) is 2.85. The maximum atomic E-state index is 13.9. The van der Waals surface area contributed by atoms with Crippen molar-refractivity contribution in [3.63, 3.8) is 0 Å². The lowest BCUT2D eigenvalue weighted by molar-refractivity contribution is -0.175. The van der Waals surface area contributed by atoms with Gasteiger partial charge in [0.1, 0.15) is 5.75 Å². The summed E-state index contributed by atoms with van der Waals surface area (Å²) in [5.41, 5.74) is 4.47. The minimum absolute atomic E-state index is 0.0302. The van der Waals surface area contributed by atoms with E-state index in [1.54, 1.807) is 0 Å². The van der Waals surface area contributed by atoms with E-state index in [1.165, 1.54) is 0 Å². The molecular formula is C26H32N4O7. The van der Waals surface area contributed by atoms with E-state index in [-0.39, 0.29) is 30.6 Å². The number of benzene rings is 1. The predicted octanol–water partition coefficient (Wildman–Crippen LogP) is -0.855. The predicted molar refractivity (Wildman–Crippen MR) is 133 cm³/mol. The number of phenolic OH excluding ortho intramolecular Hbond substituents is 1. The van der Waals surface area contributed by atoms with Crippen LogP contribution < -0.4 is 15.5 Å². The molecule has 3 aliphatic carbocycles. The Labute approximate surface area is 214 Å². The van der Waals surface area contributed by atoms with Crippen LogP contribution >= 0.6 is 0 Å². The Kier molecular flexibility index (Phi) is 5.91. The first-order valence-corrected chi connectivity index (χ1v) is 12.5. The third-order valence-corrected chi connectivity index (χ3v) is 8.68. The van der Waals surface area contributed by atoms with Gasteiger partial charge < -0.3 is 30.6 Å². The summed E-state index contributed by atoms with van der Waals surface area (Å²) in [6, 6.07) is 1.86. The average molecular weight is 513 g/mol. The average Bonchev–Trinajstić information content (AvgIpc) is 2.82. The van der Waals surface area contributed by atoms with Crippen molar-refractivity contribution in [2.24, 2.45) is 29.4 Å². The number of nitrogens with zero attached hydrogens (tertiary/aromatic N) is 3. The van der Waals surface area contributed by atoms with Crippen LogP contribution in [0.3, 0.4) is 0 Å². The van der Waals surface area contributed by atoms with Crippen molar-refractivity contribution in [3.05, 3.63) is 17.2 Å². The van der Waals surface area contributed by atoms with E-state index in [2.05, 4.69) is 4.90 Å². The lowest BCUT2D eigenvalue weighted by atomic mass is 9.53. The summed E-state index contributed by atoms with van der Waals surface area (Å²) in [5.74, 6) is -9.93. The van der Waals surface area contributed by atoms with Gasteiger partial charge in [0, 0.05) is 58.3 Å². The van der Waals surface area contributed by atoms with Gasteiger partial charge in [-0.15, -0.1) is 0 Å². The van der Waals surface area contributed by atoms with Crippen molar-refractivity contribution >= 4 is 40.4 Å². The van der Waals surface area contributed by atoms with Crippen LogP contribution in [-0.4, -0.2) is 97.1 Å². The highest BCUT2D eigenvalue weighted by molar-refractivity contribution is 6.31. The van der Waals surface area contributed by atoms with Crippen LogP contribution in [0.25, 0.3) is 0 Å². The zero-order valence-corrected chi connectivity index (χ0v) is 21.2. The van der Waals surface area contributed by atoms with Gasteiger partial charge in [0.25, 0.3) is 0 Å². The molecule has 2 unspecified atom stereocenters. The van der Waals surface area contributed by atoms with Crippen molar-refractivity contribution in [2.75, 3.05) is 57.1 Å². The molecule has 11 nitrogen and oxygen atoms in total. The van der Waals surface area contributed by atoms with E-state index >= 15 is 0 Å². The van der Waals surface area contributed by atoms with Crippen molar-refractivity contribution < 1.29 is 34.2 Å². The number of nitrogens with two attached hydrogens (primary N) is 1. The maximum Gasteiger partial charge on any atom is 0.235 e. The smallest absolute Gasteiger partial charge is 0.235 e. The Hall–Kier alpha value is -3.31. The van der Waals surface area contributed by atoms with Gasteiger partial charge in [-0.1, -0.05) is 0 Å². The number of hydrogen-bond acceptors (Lipinski definition) is 10. The van der Waals surface area contributed by atoms with E-state index in [0.717, 1.165) is 18.8 Å². The number of hydrogen-bond donors (Lipinski definition) is 3. The molecule has 1 aromatic rings. The van der Waals surface area contributed by atoms with E-state index < -0.39 is 58.3 Å². The molecule has 4 N–H and O–H groups in total. The Bertz CT molecular complexity index is 1240. The minimum Gasteiger partial charge on any atom is -0.505 e. The molecular weight excluding hydrogens is 480 g/mol. The van der Waals surface area contributed by atoms with Gasteiger partial charge in [-0.2, -0.15) is 0 Å². The molecule has 0 spiro atoms. The van der Waals surface area contributed by atoms with Gasteiger partial charge in [0.15, 0.2) is 34.7 Å². The Morgan fingerprint density at radius 2 is 1.73 bits per heavy atom. The van der Waals surface area contributed by atoms with Crippen LogP contribution in [0.4, 0.5) is 11.4 Å². The summed E-state index contributed by atoms with van der Waals surface area (Å²) in [6.07, 6.45) is -0.00927. The molecule has 1 amide bonds. The first-order chi connectivity index (χ1) is 17.4. The second kappa shape index (κ2) is 8.63. The molecule has 1 heterocycles. The molecule has 4 aliphatic rings. The molecule has 5 atom stereocenters. The molecule has 1 aliphatic heterocycles. The lowest BCUT2D eigenvalue weighted by Crippen LogP contribution is -2.68. The van der Waals surface area contributed by atoms with Crippen molar-refractivity contribution in [2.45, 2.75) is 24.9 Å². The SMILES string of the molecule is CN1CCN(c2cc(N(C)C)c3c(c2O)C(=O)C2C(=O)[C@]4(O)C(=O)C(C(N)=O)C(=O)C[C@@H]4C[C@@H]2C3)CC1. The molecule has 2 saturated carbocycles. The molecule has 0 aromatic heterocycles. The second-order valence-corrected chi connectivity index (χ2v) is 11.0. The van der Waals surface area contributed by atoms with E-state index in [4.69, 9.17) is 5.73 Å². The second-order valence-electron chi connectivity index (χ2n) is 11.0. The molecule has 37 heavy (non-hydrogen) atoms. The zero-order chi connectivity index (χ0) is 27.0. The zero-order valence-electron chi connectivity index (χ0n) is 21.2. The van der Waals surface area contributed by atoms with Crippen LogP contribution in [-0.2, 0) is 25.6 Å². The number of phenols is 1. The standard InChI is InChI=1S/C26H32N4O7/c1-28(2)15-11-16(30-6-4-29(3)5-7-30)21(32)19-14(15)9-12-8-13-10-17(31)20(25(27)36)24(35)26(13,37)23(34)18(12)22(19)33/h11-13,18,20,32,37H,4-10H2,1-3H3,(H2,27,36)/t12-,13+,18?,20?,26+/m1/s1. The summed E-state index contributed by atoms with van der Waals surface area (Å²) < 4.78 is 0. The number of likely N-dealkylation sites (N-methyl/N-ethyl adjacent to an activating group) is 1. The number of primary amides is 1. The number of fused-ring (bicyclic) bond motifs is 3. The number of anilines is 2. The Morgan fingerprint density at radius 3 is 2.32 bits per heavy atom. The van der Waals surface area contributed by atoms with Crippen molar-refractivity contribution in [1.29, 1.82) is 0 Å². The van der Waals surface area contributed by atoms with Crippen LogP contribution in [0.15, 0.2) is 6.07 Å². The fourth-order valence-corrected chi connectivity index (χ4v) is 6.69. The maximum absolute atomic E-state index is 13.9. The third-order valence-electron chi connectivity index (χ3n) is 8.68. The first-order valence-electron chi connectivity index (χ1n) is 12.5. The van der Waals surface area contributed by atoms with Gasteiger partial charge in [0.05, 0.1) is 17.2 Å². The lowest BCUT2D eigenvalue weighted by Gasteiger charge is -2.49. The Balaban J connectivity index is 1.60. The molecule has 1 saturated heterocycles. The fourth-order valence-electron chi connectivity index (χ4n) is 6.69. The normalized spacial score (nSPS) is 32.1.